The predicted molar refractivity (Wildman–Crippen MR) is 48.5 cm³/mol. The van der Waals surface area contributed by atoms with Crippen LogP contribution in [-0.4, -0.2) is 16.7 Å². The van der Waals surface area contributed by atoms with Crippen LogP contribution in [0.4, 0.5) is 0 Å². The van der Waals surface area contributed by atoms with Crippen molar-refractivity contribution in [2.45, 2.75) is 26.2 Å². The minimum atomic E-state index is 0.0800. The van der Waals surface area contributed by atoms with Gasteiger partial charge in [-0.25, -0.2) is 4.98 Å². The number of aryl methyl sites for hydroxylation is 1. The molecule has 0 saturated carbocycles. The van der Waals surface area contributed by atoms with E-state index in [0.29, 0.717) is 0 Å². The van der Waals surface area contributed by atoms with E-state index in [4.69, 9.17) is 4.74 Å². The highest BCUT2D eigenvalue weighted by Gasteiger charge is 2.23. The van der Waals surface area contributed by atoms with Crippen LogP contribution in [0, 0.1) is 0 Å². The van der Waals surface area contributed by atoms with E-state index in [9.17, 15) is 0 Å². The summed E-state index contributed by atoms with van der Waals surface area (Å²) in [5, 5.41) is 0. The number of ether oxygens (including phenoxy) is 1. The number of nitrogens with zero attached hydrogens (tertiary/aromatic N) is 2. The van der Waals surface area contributed by atoms with Crippen molar-refractivity contribution in [2.24, 2.45) is 7.05 Å². The molecule has 0 unspecified atom stereocenters. The second kappa shape index (κ2) is 2.81. The molecular formula is C9H16N2O. The van der Waals surface area contributed by atoms with Crippen LogP contribution in [0.2, 0.25) is 0 Å². The van der Waals surface area contributed by atoms with E-state index in [1.165, 1.54) is 0 Å². The lowest BCUT2D eigenvalue weighted by Gasteiger charge is -2.19. The van der Waals surface area contributed by atoms with Crippen molar-refractivity contribution in [3.8, 4) is 5.88 Å². The van der Waals surface area contributed by atoms with Gasteiger partial charge in [-0.05, 0) is 0 Å². The summed E-state index contributed by atoms with van der Waals surface area (Å²) < 4.78 is 7.16. The van der Waals surface area contributed by atoms with Crippen LogP contribution in [0.25, 0.3) is 0 Å². The molecule has 0 saturated heterocycles. The molecule has 0 aromatic carbocycles. The van der Waals surface area contributed by atoms with Crippen molar-refractivity contribution in [1.82, 2.24) is 9.55 Å². The van der Waals surface area contributed by atoms with E-state index in [1.54, 1.807) is 13.4 Å². The third-order valence-corrected chi connectivity index (χ3v) is 1.81. The van der Waals surface area contributed by atoms with Crippen LogP contribution in [0.3, 0.4) is 0 Å². The second-order valence-corrected chi connectivity index (χ2v) is 3.96. The molecule has 0 amide bonds. The SMILES string of the molecule is COc1ncn(C)c1C(C)(C)C. The average molecular weight is 168 g/mol. The highest BCUT2D eigenvalue weighted by atomic mass is 16.5. The molecule has 0 bridgehead atoms. The molecule has 0 aliphatic rings. The predicted octanol–water partition coefficient (Wildman–Crippen LogP) is 1.73. The molecule has 1 heterocycles. The van der Waals surface area contributed by atoms with E-state index in [-0.39, 0.29) is 5.41 Å². The van der Waals surface area contributed by atoms with Crippen molar-refractivity contribution >= 4 is 0 Å². The Bertz CT molecular complexity index is 271. The van der Waals surface area contributed by atoms with E-state index in [0.717, 1.165) is 11.6 Å². The summed E-state index contributed by atoms with van der Waals surface area (Å²) in [6.45, 7) is 6.44. The summed E-state index contributed by atoms with van der Waals surface area (Å²) in [5.41, 5.74) is 1.21. The first kappa shape index (κ1) is 9.10. The Kier molecular flexibility index (Phi) is 2.13. The van der Waals surface area contributed by atoms with Gasteiger partial charge in [0.05, 0.1) is 19.1 Å². The Morgan fingerprint density at radius 1 is 1.42 bits per heavy atom. The summed E-state index contributed by atoms with van der Waals surface area (Å²) >= 11 is 0. The van der Waals surface area contributed by atoms with Crippen LogP contribution in [0.5, 0.6) is 5.88 Å². The molecule has 1 aromatic heterocycles. The molecule has 12 heavy (non-hydrogen) atoms. The lowest BCUT2D eigenvalue weighted by atomic mass is 9.92. The van der Waals surface area contributed by atoms with Gasteiger partial charge in [0, 0.05) is 12.5 Å². The van der Waals surface area contributed by atoms with Gasteiger partial charge in [-0.1, -0.05) is 20.8 Å². The van der Waals surface area contributed by atoms with Crippen LogP contribution < -0.4 is 4.74 Å². The molecule has 68 valence electrons. The van der Waals surface area contributed by atoms with Crippen molar-refractivity contribution in [1.29, 1.82) is 0 Å². The molecule has 3 nitrogen and oxygen atoms in total. The molecule has 0 radical (unpaired) electrons. The summed E-state index contributed by atoms with van der Waals surface area (Å²) in [7, 11) is 3.63. The molecule has 0 spiro atoms. The third-order valence-electron chi connectivity index (χ3n) is 1.81. The van der Waals surface area contributed by atoms with Crippen molar-refractivity contribution in [3.05, 3.63) is 12.0 Å². The van der Waals surface area contributed by atoms with E-state index < -0.39 is 0 Å². The van der Waals surface area contributed by atoms with Crippen molar-refractivity contribution in [3.63, 3.8) is 0 Å². The van der Waals surface area contributed by atoms with Gasteiger partial charge < -0.3 is 9.30 Å². The molecule has 0 aliphatic carbocycles. The fourth-order valence-corrected chi connectivity index (χ4v) is 1.41. The number of hydrogen-bond acceptors (Lipinski definition) is 2. The zero-order valence-corrected chi connectivity index (χ0v) is 8.38. The Morgan fingerprint density at radius 2 is 2.00 bits per heavy atom. The fraction of sp³-hybridized carbons (Fsp3) is 0.667. The molecule has 1 aromatic rings. The van der Waals surface area contributed by atoms with Crippen LogP contribution >= 0.6 is 0 Å². The average Bonchev–Trinajstić information content (AvgIpc) is 2.29. The first-order chi connectivity index (χ1) is 5.46. The summed E-state index contributed by atoms with van der Waals surface area (Å²) in [4.78, 5) is 4.14. The highest BCUT2D eigenvalue weighted by molar-refractivity contribution is 5.26. The maximum absolute atomic E-state index is 5.16. The molecule has 0 aliphatic heterocycles. The zero-order valence-electron chi connectivity index (χ0n) is 8.38. The summed E-state index contributed by atoms with van der Waals surface area (Å²) in [6, 6.07) is 0. The Balaban J connectivity index is 3.19. The standard InChI is InChI=1S/C9H16N2O/c1-9(2,3)7-8(12-5)10-6-11(7)4/h6H,1-5H3. The Labute approximate surface area is 73.4 Å². The lowest BCUT2D eigenvalue weighted by Crippen LogP contribution is -2.16. The smallest absolute Gasteiger partial charge is 0.235 e. The van der Waals surface area contributed by atoms with Crippen LogP contribution in [-0.2, 0) is 12.5 Å². The maximum Gasteiger partial charge on any atom is 0.235 e. The van der Waals surface area contributed by atoms with Crippen LogP contribution in [0.1, 0.15) is 26.5 Å². The van der Waals surface area contributed by atoms with E-state index in [1.807, 2.05) is 11.6 Å². The number of aromatic nitrogens is 2. The summed E-state index contributed by atoms with van der Waals surface area (Å²) in [6.07, 6.45) is 1.78. The monoisotopic (exact) mass is 168 g/mol. The highest BCUT2D eigenvalue weighted by Crippen LogP contribution is 2.29. The van der Waals surface area contributed by atoms with Gasteiger partial charge in [-0.3, -0.25) is 0 Å². The van der Waals surface area contributed by atoms with Gasteiger partial charge in [0.1, 0.15) is 0 Å². The first-order valence-electron chi connectivity index (χ1n) is 4.02. The quantitative estimate of drug-likeness (QED) is 0.638. The fourth-order valence-electron chi connectivity index (χ4n) is 1.41. The van der Waals surface area contributed by atoms with E-state index in [2.05, 4.69) is 25.8 Å². The van der Waals surface area contributed by atoms with E-state index >= 15 is 0 Å². The minimum absolute atomic E-state index is 0.0800. The van der Waals surface area contributed by atoms with Crippen molar-refractivity contribution < 1.29 is 4.74 Å². The van der Waals surface area contributed by atoms with Gasteiger partial charge in [-0.15, -0.1) is 0 Å². The van der Waals surface area contributed by atoms with Gasteiger partial charge in [0.15, 0.2) is 0 Å². The lowest BCUT2D eigenvalue weighted by molar-refractivity contribution is 0.379. The molecule has 0 N–H and O–H groups in total. The van der Waals surface area contributed by atoms with Gasteiger partial charge in [0.2, 0.25) is 5.88 Å². The number of hydrogen-bond donors (Lipinski definition) is 0. The Hall–Kier alpha value is -0.990. The maximum atomic E-state index is 5.16. The largest absolute Gasteiger partial charge is 0.480 e. The normalized spacial score (nSPS) is 11.8. The summed E-state index contributed by atoms with van der Waals surface area (Å²) in [5.74, 6) is 0.727. The topological polar surface area (TPSA) is 27.1 Å². The van der Waals surface area contributed by atoms with Gasteiger partial charge in [0.25, 0.3) is 0 Å². The minimum Gasteiger partial charge on any atom is -0.480 e. The molecule has 1 rings (SSSR count). The third kappa shape index (κ3) is 1.44. The zero-order chi connectivity index (χ0) is 9.35. The molecule has 3 heteroatoms. The van der Waals surface area contributed by atoms with Gasteiger partial charge >= 0.3 is 0 Å². The number of imidazole rings is 1. The second-order valence-electron chi connectivity index (χ2n) is 3.96. The number of rotatable bonds is 1. The van der Waals surface area contributed by atoms with Gasteiger partial charge in [-0.2, -0.15) is 0 Å². The Morgan fingerprint density at radius 3 is 2.33 bits per heavy atom. The molecule has 0 fully saturated rings. The number of methoxy groups -OCH3 is 1. The first-order valence-corrected chi connectivity index (χ1v) is 4.02. The van der Waals surface area contributed by atoms with Crippen LogP contribution in [0.15, 0.2) is 6.33 Å². The molecule has 0 atom stereocenters. The molecular weight excluding hydrogens is 152 g/mol. The van der Waals surface area contributed by atoms with Crippen molar-refractivity contribution in [2.75, 3.05) is 7.11 Å².